The summed E-state index contributed by atoms with van der Waals surface area (Å²) in [5.74, 6) is -1.39. The molecular weight excluding hydrogens is 222 g/mol. The zero-order valence-electron chi connectivity index (χ0n) is 11.2. The molecule has 2 unspecified atom stereocenters. The van der Waals surface area contributed by atoms with E-state index in [2.05, 4.69) is 5.32 Å². The van der Waals surface area contributed by atoms with Gasteiger partial charge in [0.25, 0.3) is 0 Å². The van der Waals surface area contributed by atoms with E-state index in [1.807, 2.05) is 6.92 Å². The van der Waals surface area contributed by atoms with Crippen LogP contribution in [0.4, 0.5) is 0 Å². The molecule has 5 nitrogen and oxygen atoms in total. The molecule has 2 atom stereocenters. The zero-order valence-corrected chi connectivity index (χ0v) is 11.2. The van der Waals surface area contributed by atoms with Crippen LogP contribution in [0.15, 0.2) is 0 Å². The predicted molar refractivity (Wildman–Crippen MR) is 64.7 cm³/mol. The molecule has 5 heteroatoms. The Morgan fingerprint density at radius 3 is 2.29 bits per heavy atom. The maximum Gasteiger partial charge on any atom is 0.326 e. The van der Waals surface area contributed by atoms with Crippen molar-refractivity contribution in [3.8, 4) is 0 Å². The lowest BCUT2D eigenvalue weighted by atomic mass is 9.98. The van der Waals surface area contributed by atoms with Crippen LogP contribution in [0, 0.1) is 5.92 Å². The van der Waals surface area contributed by atoms with Crippen LogP contribution in [-0.4, -0.2) is 35.7 Å². The van der Waals surface area contributed by atoms with Gasteiger partial charge in [-0.15, -0.1) is 0 Å². The topological polar surface area (TPSA) is 75.6 Å². The van der Waals surface area contributed by atoms with E-state index in [1.54, 1.807) is 20.8 Å². The van der Waals surface area contributed by atoms with Crippen molar-refractivity contribution in [1.82, 2.24) is 5.32 Å². The molecule has 17 heavy (non-hydrogen) atoms. The Morgan fingerprint density at radius 2 is 1.94 bits per heavy atom. The Hall–Kier alpha value is -1.10. The van der Waals surface area contributed by atoms with Crippen molar-refractivity contribution in [2.75, 3.05) is 7.11 Å². The second kappa shape index (κ2) is 6.59. The van der Waals surface area contributed by atoms with Gasteiger partial charge in [0.05, 0.1) is 12.0 Å². The van der Waals surface area contributed by atoms with E-state index in [-0.39, 0.29) is 18.2 Å². The van der Waals surface area contributed by atoms with E-state index in [9.17, 15) is 9.59 Å². The Labute approximate surface area is 103 Å². The molecule has 0 saturated heterocycles. The molecule has 0 spiro atoms. The molecular formula is C12H23NO4. The van der Waals surface area contributed by atoms with Crippen molar-refractivity contribution in [2.45, 2.75) is 52.2 Å². The van der Waals surface area contributed by atoms with Gasteiger partial charge < -0.3 is 15.2 Å². The highest BCUT2D eigenvalue weighted by molar-refractivity contribution is 5.84. The summed E-state index contributed by atoms with van der Waals surface area (Å²) in [4.78, 5) is 22.7. The Balaban J connectivity index is 4.47. The summed E-state index contributed by atoms with van der Waals surface area (Å²) in [6.07, 6.45) is 0.842. The number of nitrogens with one attached hydrogen (secondary N) is 1. The number of carbonyl (C=O) groups excluding carboxylic acids is 1. The fourth-order valence-electron chi connectivity index (χ4n) is 1.37. The summed E-state index contributed by atoms with van der Waals surface area (Å²) < 4.78 is 5.13. The van der Waals surface area contributed by atoms with Gasteiger partial charge >= 0.3 is 5.97 Å². The molecule has 1 amide bonds. The van der Waals surface area contributed by atoms with Crippen molar-refractivity contribution >= 4 is 11.9 Å². The summed E-state index contributed by atoms with van der Waals surface area (Å²) in [5.41, 5.74) is -0.581. The van der Waals surface area contributed by atoms with Crippen LogP contribution >= 0.6 is 0 Å². The number of carboxylic acid groups (broad SMARTS) is 1. The van der Waals surface area contributed by atoms with Gasteiger partial charge in [-0.25, -0.2) is 4.79 Å². The van der Waals surface area contributed by atoms with Crippen molar-refractivity contribution < 1.29 is 19.4 Å². The number of carbonyl (C=O) groups is 2. The summed E-state index contributed by atoms with van der Waals surface area (Å²) >= 11 is 0. The smallest absolute Gasteiger partial charge is 0.326 e. The summed E-state index contributed by atoms with van der Waals surface area (Å²) in [6, 6.07) is -0.833. The lowest BCUT2D eigenvalue weighted by Gasteiger charge is -2.25. The summed E-state index contributed by atoms with van der Waals surface area (Å²) in [5, 5.41) is 11.6. The maximum atomic E-state index is 11.7. The second-order valence-corrected chi connectivity index (χ2v) is 4.91. The first-order valence-electron chi connectivity index (χ1n) is 5.80. The molecule has 0 rings (SSSR count). The third-order valence-corrected chi connectivity index (χ3v) is 2.93. The highest BCUT2D eigenvalue weighted by Gasteiger charge is 2.28. The minimum Gasteiger partial charge on any atom is -0.480 e. The van der Waals surface area contributed by atoms with Crippen LogP contribution in [0.5, 0.6) is 0 Å². The third-order valence-electron chi connectivity index (χ3n) is 2.93. The third kappa shape index (κ3) is 5.68. The Morgan fingerprint density at radius 1 is 1.41 bits per heavy atom. The van der Waals surface area contributed by atoms with Crippen molar-refractivity contribution in [3.63, 3.8) is 0 Å². The highest BCUT2D eigenvalue weighted by atomic mass is 16.5. The number of methoxy groups -OCH3 is 1. The van der Waals surface area contributed by atoms with E-state index >= 15 is 0 Å². The van der Waals surface area contributed by atoms with E-state index in [0.717, 1.165) is 0 Å². The Kier molecular flexibility index (Phi) is 6.16. The molecule has 0 radical (unpaired) electrons. The highest BCUT2D eigenvalue weighted by Crippen LogP contribution is 2.14. The molecule has 0 aliphatic carbocycles. The van der Waals surface area contributed by atoms with Gasteiger partial charge in [0, 0.05) is 7.11 Å². The standard InChI is InChI=1S/C12H23NO4/c1-6-8(2)10(11(15)16)13-9(14)7-12(3,4)17-5/h8,10H,6-7H2,1-5H3,(H,13,14)(H,15,16). The number of aliphatic carboxylic acids is 1. The van der Waals surface area contributed by atoms with E-state index < -0.39 is 17.6 Å². The summed E-state index contributed by atoms with van der Waals surface area (Å²) in [7, 11) is 1.52. The van der Waals surface area contributed by atoms with Gasteiger partial charge in [0.1, 0.15) is 6.04 Å². The van der Waals surface area contributed by atoms with Gasteiger partial charge in [0.15, 0.2) is 0 Å². The minimum atomic E-state index is -0.997. The first-order valence-corrected chi connectivity index (χ1v) is 5.80. The van der Waals surface area contributed by atoms with Crippen molar-refractivity contribution in [1.29, 1.82) is 0 Å². The molecule has 0 aliphatic rings. The van der Waals surface area contributed by atoms with Gasteiger partial charge in [-0.05, 0) is 19.8 Å². The van der Waals surface area contributed by atoms with Crippen LogP contribution in [0.25, 0.3) is 0 Å². The van der Waals surface area contributed by atoms with Crippen LogP contribution in [0.3, 0.4) is 0 Å². The number of amides is 1. The average molecular weight is 245 g/mol. The monoisotopic (exact) mass is 245 g/mol. The fourth-order valence-corrected chi connectivity index (χ4v) is 1.37. The number of hydrogen-bond donors (Lipinski definition) is 2. The SMILES string of the molecule is CCC(C)C(NC(=O)CC(C)(C)OC)C(=O)O. The zero-order chi connectivity index (χ0) is 13.6. The number of carboxylic acids is 1. The molecule has 0 aromatic heterocycles. The molecule has 0 bridgehead atoms. The van der Waals surface area contributed by atoms with E-state index in [4.69, 9.17) is 9.84 Å². The average Bonchev–Trinajstić information content (AvgIpc) is 2.24. The lowest BCUT2D eigenvalue weighted by molar-refractivity contribution is -0.144. The molecule has 0 aliphatic heterocycles. The molecule has 0 aromatic rings. The number of rotatable bonds is 7. The Bertz CT molecular complexity index is 276. The number of ether oxygens (including phenoxy) is 1. The van der Waals surface area contributed by atoms with Crippen LogP contribution in [0.1, 0.15) is 40.5 Å². The number of hydrogen-bond acceptors (Lipinski definition) is 3. The first kappa shape index (κ1) is 15.9. The molecule has 0 saturated carbocycles. The van der Waals surface area contributed by atoms with Crippen LogP contribution < -0.4 is 5.32 Å². The second-order valence-electron chi connectivity index (χ2n) is 4.91. The van der Waals surface area contributed by atoms with E-state index in [0.29, 0.717) is 6.42 Å². The normalized spacial score (nSPS) is 15.1. The predicted octanol–water partition coefficient (Wildman–Crippen LogP) is 1.42. The van der Waals surface area contributed by atoms with Gasteiger partial charge in [-0.3, -0.25) is 4.79 Å². The minimum absolute atomic E-state index is 0.0953. The lowest BCUT2D eigenvalue weighted by Crippen LogP contribution is -2.46. The summed E-state index contributed by atoms with van der Waals surface area (Å²) in [6.45, 7) is 7.27. The molecule has 0 fully saturated rings. The van der Waals surface area contributed by atoms with Gasteiger partial charge in [-0.2, -0.15) is 0 Å². The van der Waals surface area contributed by atoms with Crippen molar-refractivity contribution in [2.24, 2.45) is 5.92 Å². The van der Waals surface area contributed by atoms with Gasteiger partial charge in [-0.1, -0.05) is 20.3 Å². The molecule has 2 N–H and O–H groups in total. The molecule has 0 heterocycles. The van der Waals surface area contributed by atoms with Crippen LogP contribution in [0.2, 0.25) is 0 Å². The van der Waals surface area contributed by atoms with Crippen molar-refractivity contribution in [3.05, 3.63) is 0 Å². The van der Waals surface area contributed by atoms with Crippen LogP contribution in [-0.2, 0) is 14.3 Å². The first-order chi connectivity index (χ1) is 7.73. The fraction of sp³-hybridized carbons (Fsp3) is 0.833. The molecule has 100 valence electrons. The van der Waals surface area contributed by atoms with E-state index in [1.165, 1.54) is 7.11 Å². The maximum absolute atomic E-state index is 11.7. The van der Waals surface area contributed by atoms with Gasteiger partial charge in [0.2, 0.25) is 5.91 Å². The molecule has 0 aromatic carbocycles. The largest absolute Gasteiger partial charge is 0.480 e. The quantitative estimate of drug-likeness (QED) is 0.711.